The summed E-state index contributed by atoms with van der Waals surface area (Å²) < 4.78 is 0. The van der Waals surface area contributed by atoms with E-state index in [1.165, 1.54) is 70.6 Å². The smallest absolute Gasteiger partial charge is 0.0329 e. The summed E-state index contributed by atoms with van der Waals surface area (Å²) in [6.07, 6.45) is 16.0. The Morgan fingerprint density at radius 3 is 1.36 bits per heavy atom. The van der Waals surface area contributed by atoms with Crippen molar-refractivity contribution in [3.05, 3.63) is 0 Å². The number of rotatable bonds is 10. The molecular formula is C36H82. The molecule has 0 spiro atoms. The topological polar surface area (TPSA) is 0 Å². The lowest BCUT2D eigenvalue weighted by molar-refractivity contribution is -0.0228. The molecule has 2 fully saturated rings. The number of hydrogen-bond donors (Lipinski definition) is 0. The largest absolute Gasteiger partial charge is 0.0776 e. The van der Waals surface area contributed by atoms with Crippen LogP contribution >= 0.6 is 0 Å². The fourth-order valence-corrected chi connectivity index (χ4v) is 8.43. The second kappa shape index (κ2) is 24.1. The summed E-state index contributed by atoms with van der Waals surface area (Å²) in [5.74, 6) is 9.61. The molecule has 2 rings (SSSR count). The van der Waals surface area contributed by atoms with Crippen LogP contribution in [0.4, 0.5) is 0 Å². The van der Waals surface area contributed by atoms with E-state index in [0.717, 1.165) is 59.2 Å². The molecule has 0 heteroatoms. The van der Waals surface area contributed by atoms with Gasteiger partial charge in [-0.25, -0.2) is 0 Å². The molecule has 5 unspecified atom stereocenters. The van der Waals surface area contributed by atoms with E-state index in [0.29, 0.717) is 0 Å². The second-order valence-electron chi connectivity index (χ2n) is 12.0. The molecule has 226 valence electrons. The monoisotopic (exact) mass is 515 g/mol. The molecule has 0 saturated heterocycles. The Morgan fingerprint density at radius 2 is 1.00 bits per heavy atom. The van der Waals surface area contributed by atoms with Crippen molar-refractivity contribution in [2.75, 3.05) is 0 Å². The van der Waals surface area contributed by atoms with E-state index in [1.807, 2.05) is 13.8 Å². The highest BCUT2D eigenvalue weighted by Gasteiger charge is 2.45. The van der Waals surface area contributed by atoms with Crippen molar-refractivity contribution in [2.24, 2.45) is 59.2 Å². The van der Waals surface area contributed by atoms with Crippen LogP contribution in [0.2, 0.25) is 0 Å². The van der Waals surface area contributed by atoms with Gasteiger partial charge in [0.05, 0.1) is 0 Å². The normalized spacial score (nSPS) is 32.1. The molecule has 36 heavy (non-hydrogen) atoms. The fourth-order valence-electron chi connectivity index (χ4n) is 8.43. The molecule has 5 atom stereocenters. The maximum absolute atomic E-state index is 2.63. The average Bonchev–Trinajstić information content (AvgIpc) is 2.72. The molecule has 0 radical (unpaired) electrons. The predicted octanol–water partition coefficient (Wildman–Crippen LogP) is 13.8. The summed E-state index contributed by atoms with van der Waals surface area (Å²) in [5, 5.41) is 0. The highest BCUT2D eigenvalue weighted by Crippen LogP contribution is 2.53. The van der Waals surface area contributed by atoms with Gasteiger partial charge in [0.25, 0.3) is 0 Å². The third kappa shape index (κ3) is 13.2. The Bertz CT molecular complexity index is 411. The van der Waals surface area contributed by atoms with Crippen LogP contribution in [0.5, 0.6) is 0 Å². The molecule has 0 bridgehead atoms. The molecule has 2 aliphatic rings. The van der Waals surface area contributed by atoms with Gasteiger partial charge in [-0.1, -0.05) is 145 Å². The maximum atomic E-state index is 2.63. The van der Waals surface area contributed by atoms with Crippen LogP contribution in [0.1, 0.15) is 177 Å². The minimum absolute atomic E-state index is 0. The van der Waals surface area contributed by atoms with Crippen molar-refractivity contribution in [3.63, 3.8) is 0 Å². The molecule has 2 aliphatic carbocycles. The van der Waals surface area contributed by atoms with E-state index in [4.69, 9.17) is 0 Å². The highest BCUT2D eigenvalue weighted by atomic mass is 14.5. The minimum Gasteiger partial charge on any atom is -0.0776 e. The van der Waals surface area contributed by atoms with Gasteiger partial charge in [-0.05, 0) is 91.3 Å². The van der Waals surface area contributed by atoms with Crippen molar-refractivity contribution in [3.8, 4) is 0 Å². The molecule has 2 saturated carbocycles. The zero-order valence-corrected chi connectivity index (χ0v) is 23.6. The van der Waals surface area contributed by atoms with Gasteiger partial charge in [-0.15, -0.1) is 0 Å². The first-order valence-corrected chi connectivity index (χ1v) is 14.8. The summed E-state index contributed by atoms with van der Waals surface area (Å²) >= 11 is 0. The van der Waals surface area contributed by atoms with E-state index in [9.17, 15) is 0 Å². The van der Waals surface area contributed by atoms with E-state index >= 15 is 0 Å². The standard InChI is InChI=1S/C29H56.C2H6.5CH4/c1-9-12-13-14-20(4)15-25-16-21(5)28(22(6)17-25)29-23(7)18-27(19-24(29)8)26(10-2)11-3;1-2;;;;;/h20-29H,9-19H2,1-8H3;1-2H3;5*1H4. The Labute approximate surface area is 236 Å². The first-order chi connectivity index (χ1) is 14.8. The molecule has 0 heterocycles. The predicted molar refractivity (Wildman–Crippen MR) is 176 cm³/mol. The zero-order chi connectivity index (χ0) is 23.6. The lowest BCUT2D eigenvalue weighted by Crippen LogP contribution is -2.44. The lowest BCUT2D eigenvalue weighted by Gasteiger charge is -2.51. The van der Waals surface area contributed by atoms with Gasteiger partial charge < -0.3 is 0 Å². The number of hydrogen-bond acceptors (Lipinski definition) is 0. The van der Waals surface area contributed by atoms with Gasteiger partial charge >= 0.3 is 0 Å². The fraction of sp³-hybridized carbons (Fsp3) is 1.00. The summed E-state index contributed by atoms with van der Waals surface area (Å²) in [6.45, 7) is 24.2. The molecule has 0 aliphatic heterocycles. The third-order valence-electron chi connectivity index (χ3n) is 9.58. The molecule has 0 aromatic heterocycles. The molecule has 0 aromatic carbocycles. The molecule has 0 amide bonds. The van der Waals surface area contributed by atoms with Gasteiger partial charge in [-0.3, -0.25) is 0 Å². The van der Waals surface area contributed by atoms with Gasteiger partial charge in [-0.2, -0.15) is 0 Å². The first kappa shape index (κ1) is 45.9. The van der Waals surface area contributed by atoms with Crippen LogP contribution in [0.25, 0.3) is 0 Å². The average molecular weight is 515 g/mol. The summed E-state index contributed by atoms with van der Waals surface area (Å²) in [5.41, 5.74) is 0. The highest BCUT2D eigenvalue weighted by molar-refractivity contribution is 4.94. The van der Waals surface area contributed by atoms with E-state index in [1.54, 1.807) is 0 Å². The summed E-state index contributed by atoms with van der Waals surface area (Å²) in [4.78, 5) is 0. The van der Waals surface area contributed by atoms with Crippen molar-refractivity contribution in [1.82, 2.24) is 0 Å². The Balaban J connectivity index is -0.000000446. The lowest BCUT2D eigenvalue weighted by atomic mass is 9.54. The SMILES string of the molecule is C.C.C.C.C.CC.CCCCCC(C)CC1CC(C)C(C2C(C)CC(C(CC)CC)CC2C)C(C)C1. The van der Waals surface area contributed by atoms with Crippen molar-refractivity contribution in [1.29, 1.82) is 0 Å². The quantitative estimate of drug-likeness (QED) is 0.254. The second-order valence-corrected chi connectivity index (χ2v) is 12.0. The van der Waals surface area contributed by atoms with Crippen LogP contribution < -0.4 is 0 Å². The Kier molecular flexibility index (Phi) is 30.7. The minimum atomic E-state index is 0. The van der Waals surface area contributed by atoms with Crippen LogP contribution in [-0.2, 0) is 0 Å². The molecular weight excluding hydrogens is 432 g/mol. The maximum Gasteiger partial charge on any atom is -0.0329 e. The van der Waals surface area contributed by atoms with E-state index < -0.39 is 0 Å². The first-order valence-electron chi connectivity index (χ1n) is 14.8. The van der Waals surface area contributed by atoms with Crippen molar-refractivity contribution in [2.45, 2.75) is 177 Å². The van der Waals surface area contributed by atoms with Crippen LogP contribution in [-0.4, -0.2) is 0 Å². The van der Waals surface area contributed by atoms with Crippen molar-refractivity contribution < 1.29 is 0 Å². The summed E-state index contributed by atoms with van der Waals surface area (Å²) in [6, 6.07) is 0. The molecule has 0 N–H and O–H groups in total. The number of unbranched alkanes of at least 4 members (excludes halogenated alkanes) is 2. The Morgan fingerprint density at radius 1 is 0.611 bits per heavy atom. The summed E-state index contributed by atoms with van der Waals surface area (Å²) in [7, 11) is 0. The van der Waals surface area contributed by atoms with Gasteiger partial charge in [0, 0.05) is 0 Å². The van der Waals surface area contributed by atoms with Crippen LogP contribution in [0, 0.1) is 59.2 Å². The zero-order valence-electron chi connectivity index (χ0n) is 23.6. The van der Waals surface area contributed by atoms with E-state index in [2.05, 4.69) is 55.4 Å². The van der Waals surface area contributed by atoms with Crippen molar-refractivity contribution >= 4 is 0 Å². The molecule has 0 aromatic rings. The van der Waals surface area contributed by atoms with Gasteiger partial charge in [0.2, 0.25) is 0 Å². The Hall–Kier alpha value is 0. The molecule has 0 nitrogen and oxygen atoms in total. The van der Waals surface area contributed by atoms with E-state index in [-0.39, 0.29) is 37.1 Å². The van der Waals surface area contributed by atoms with Crippen LogP contribution in [0.3, 0.4) is 0 Å². The van der Waals surface area contributed by atoms with Gasteiger partial charge in [0.1, 0.15) is 0 Å². The third-order valence-corrected chi connectivity index (χ3v) is 9.58. The van der Waals surface area contributed by atoms with Gasteiger partial charge in [0.15, 0.2) is 0 Å². The van der Waals surface area contributed by atoms with Crippen LogP contribution in [0.15, 0.2) is 0 Å².